The number of aliphatic hydroxyl groups is 2. The average Bonchev–Trinajstić information content (AvgIpc) is 2.73. The number of nitrogens with zero attached hydrogens (tertiary/aromatic N) is 3. The second-order valence-electron chi connectivity index (χ2n) is 4.04. The molecule has 1 fully saturated rings. The molecule has 2 heterocycles. The quantitative estimate of drug-likeness (QED) is 0.810. The van der Waals surface area contributed by atoms with E-state index in [0.29, 0.717) is 18.2 Å². The lowest BCUT2D eigenvalue weighted by Gasteiger charge is -2.20. The van der Waals surface area contributed by atoms with E-state index in [0.717, 1.165) is 24.6 Å². The standard InChI is InChI=1S/C10H16ClN3O2/c1-7-12-9(11)10(14(7)4-5-15)13-3-2-8(16)6-13/h8,15-16H,2-6H2,1H3. The first-order chi connectivity index (χ1) is 7.63. The third-order valence-electron chi connectivity index (χ3n) is 2.88. The van der Waals surface area contributed by atoms with Crippen molar-refractivity contribution >= 4 is 17.4 Å². The smallest absolute Gasteiger partial charge is 0.171 e. The van der Waals surface area contributed by atoms with Crippen molar-refractivity contribution in [3.05, 3.63) is 11.0 Å². The van der Waals surface area contributed by atoms with Gasteiger partial charge in [-0.15, -0.1) is 0 Å². The number of rotatable bonds is 3. The molecular formula is C10H16ClN3O2. The summed E-state index contributed by atoms with van der Waals surface area (Å²) in [5.41, 5.74) is 0. The summed E-state index contributed by atoms with van der Waals surface area (Å²) >= 11 is 6.08. The van der Waals surface area contributed by atoms with E-state index in [4.69, 9.17) is 16.7 Å². The number of β-amino-alcohol motifs (C(OH)–C–C–N with tert-alkyl or cyclic N) is 1. The Morgan fingerprint density at radius 1 is 1.56 bits per heavy atom. The van der Waals surface area contributed by atoms with Gasteiger partial charge in [0.2, 0.25) is 0 Å². The molecule has 0 saturated carbocycles. The zero-order valence-electron chi connectivity index (χ0n) is 9.23. The molecule has 0 spiro atoms. The average molecular weight is 246 g/mol. The van der Waals surface area contributed by atoms with E-state index in [1.807, 2.05) is 16.4 Å². The van der Waals surface area contributed by atoms with Crippen molar-refractivity contribution in [2.45, 2.75) is 26.0 Å². The number of aryl methyl sites for hydroxylation is 1. The molecule has 1 aliphatic rings. The second-order valence-corrected chi connectivity index (χ2v) is 4.40. The number of halogens is 1. The number of imidazole rings is 1. The van der Waals surface area contributed by atoms with Gasteiger partial charge in [0.1, 0.15) is 11.6 Å². The third-order valence-corrected chi connectivity index (χ3v) is 3.13. The van der Waals surface area contributed by atoms with Crippen LogP contribution in [0, 0.1) is 6.92 Å². The summed E-state index contributed by atoms with van der Waals surface area (Å²) in [7, 11) is 0. The minimum atomic E-state index is -0.297. The van der Waals surface area contributed by atoms with E-state index in [1.165, 1.54) is 0 Å². The molecule has 2 N–H and O–H groups in total. The van der Waals surface area contributed by atoms with Crippen LogP contribution >= 0.6 is 11.6 Å². The van der Waals surface area contributed by atoms with E-state index < -0.39 is 0 Å². The van der Waals surface area contributed by atoms with Gasteiger partial charge in [-0.3, -0.25) is 0 Å². The minimum Gasteiger partial charge on any atom is -0.395 e. The number of anilines is 1. The maximum atomic E-state index is 9.52. The molecule has 0 bridgehead atoms. The topological polar surface area (TPSA) is 61.5 Å². The fourth-order valence-electron chi connectivity index (χ4n) is 2.12. The summed E-state index contributed by atoms with van der Waals surface area (Å²) in [5, 5.41) is 19.0. The van der Waals surface area contributed by atoms with Crippen LogP contribution in [0.15, 0.2) is 0 Å². The lowest BCUT2D eigenvalue weighted by molar-refractivity contribution is 0.198. The molecule has 16 heavy (non-hydrogen) atoms. The summed E-state index contributed by atoms with van der Waals surface area (Å²) < 4.78 is 1.89. The van der Waals surface area contributed by atoms with E-state index in [2.05, 4.69) is 4.98 Å². The van der Waals surface area contributed by atoms with Crippen molar-refractivity contribution in [1.82, 2.24) is 9.55 Å². The Hall–Kier alpha value is -0.780. The van der Waals surface area contributed by atoms with E-state index in [9.17, 15) is 5.11 Å². The van der Waals surface area contributed by atoms with Crippen LogP contribution < -0.4 is 4.90 Å². The Bertz CT molecular complexity index is 380. The first kappa shape index (κ1) is 11.7. The van der Waals surface area contributed by atoms with Crippen LogP contribution in [0.5, 0.6) is 0 Å². The van der Waals surface area contributed by atoms with Crippen LogP contribution in [0.2, 0.25) is 5.15 Å². The molecule has 1 saturated heterocycles. The lowest BCUT2D eigenvalue weighted by atomic mass is 10.3. The van der Waals surface area contributed by atoms with Crippen LogP contribution in [-0.2, 0) is 6.54 Å². The van der Waals surface area contributed by atoms with Crippen molar-refractivity contribution in [1.29, 1.82) is 0 Å². The number of hydrogen-bond donors (Lipinski definition) is 2. The van der Waals surface area contributed by atoms with Crippen molar-refractivity contribution in [2.24, 2.45) is 0 Å². The molecule has 1 atom stereocenters. The third kappa shape index (κ3) is 2.03. The van der Waals surface area contributed by atoms with Gasteiger partial charge in [-0.25, -0.2) is 4.98 Å². The highest BCUT2D eigenvalue weighted by molar-refractivity contribution is 6.31. The Kier molecular flexibility index (Phi) is 3.37. The maximum absolute atomic E-state index is 9.52. The van der Waals surface area contributed by atoms with Crippen LogP contribution in [0.25, 0.3) is 0 Å². The first-order valence-electron chi connectivity index (χ1n) is 5.40. The van der Waals surface area contributed by atoms with Gasteiger partial charge in [0.25, 0.3) is 0 Å². The molecule has 0 aliphatic carbocycles. The van der Waals surface area contributed by atoms with Gasteiger partial charge in [0.05, 0.1) is 12.7 Å². The van der Waals surface area contributed by atoms with Crippen LogP contribution in [0.1, 0.15) is 12.2 Å². The van der Waals surface area contributed by atoms with Gasteiger partial charge in [0, 0.05) is 19.6 Å². The summed E-state index contributed by atoms with van der Waals surface area (Å²) in [6, 6.07) is 0. The normalized spacial score (nSPS) is 20.8. The van der Waals surface area contributed by atoms with E-state index >= 15 is 0 Å². The summed E-state index contributed by atoms with van der Waals surface area (Å²) in [4.78, 5) is 6.21. The summed E-state index contributed by atoms with van der Waals surface area (Å²) in [6.07, 6.45) is 0.452. The molecular weight excluding hydrogens is 230 g/mol. The molecule has 1 unspecified atom stereocenters. The predicted octanol–water partition coefficient (Wildman–Crippen LogP) is 0.408. The summed E-state index contributed by atoms with van der Waals surface area (Å²) in [6.45, 7) is 3.75. The number of aromatic nitrogens is 2. The Labute approximate surface area is 99.3 Å². The SMILES string of the molecule is Cc1nc(Cl)c(N2CCC(O)C2)n1CCO. The molecule has 1 aromatic rings. The molecule has 2 rings (SSSR count). The molecule has 0 amide bonds. The van der Waals surface area contributed by atoms with Gasteiger partial charge in [-0.05, 0) is 13.3 Å². The van der Waals surface area contributed by atoms with E-state index in [-0.39, 0.29) is 12.7 Å². The van der Waals surface area contributed by atoms with Gasteiger partial charge < -0.3 is 19.7 Å². The molecule has 1 aromatic heterocycles. The summed E-state index contributed by atoms with van der Waals surface area (Å²) in [5.74, 6) is 1.60. The number of hydrogen-bond acceptors (Lipinski definition) is 4. The second kappa shape index (κ2) is 4.61. The van der Waals surface area contributed by atoms with Crippen molar-refractivity contribution < 1.29 is 10.2 Å². The lowest BCUT2D eigenvalue weighted by Crippen LogP contribution is -2.25. The zero-order valence-corrected chi connectivity index (χ0v) is 9.98. The predicted molar refractivity (Wildman–Crippen MR) is 61.9 cm³/mol. The van der Waals surface area contributed by atoms with Gasteiger partial charge >= 0.3 is 0 Å². The minimum absolute atomic E-state index is 0.0525. The van der Waals surface area contributed by atoms with E-state index in [1.54, 1.807) is 0 Å². The van der Waals surface area contributed by atoms with Crippen molar-refractivity contribution in [3.8, 4) is 0 Å². The first-order valence-corrected chi connectivity index (χ1v) is 5.77. The van der Waals surface area contributed by atoms with Gasteiger partial charge in [-0.1, -0.05) is 11.6 Å². The maximum Gasteiger partial charge on any atom is 0.171 e. The van der Waals surface area contributed by atoms with Crippen LogP contribution in [0.4, 0.5) is 5.82 Å². The molecule has 6 heteroatoms. The Morgan fingerprint density at radius 3 is 2.88 bits per heavy atom. The highest BCUT2D eigenvalue weighted by Gasteiger charge is 2.26. The zero-order chi connectivity index (χ0) is 11.7. The van der Waals surface area contributed by atoms with Crippen LogP contribution in [-0.4, -0.2) is 45.6 Å². The fourth-order valence-corrected chi connectivity index (χ4v) is 2.46. The number of aliphatic hydroxyl groups excluding tert-OH is 2. The van der Waals surface area contributed by atoms with Crippen molar-refractivity contribution in [3.63, 3.8) is 0 Å². The van der Waals surface area contributed by atoms with Gasteiger partial charge in [-0.2, -0.15) is 0 Å². The highest BCUT2D eigenvalue weighted by atomic mass is 35.5. The van der Waals surface area contributed by atoms with Crippen molar-refractivity contribution in [2.75, 3.05) is 24.6 Å². The molecule has 90 valence electrons. The molecule has 0 radical (unpaired) electrons. The highest BCUT2D eigenvalue weighted by Crippen LogP contribution is 2.29. The Balaban J connectivity index is 2.31. The Morgan fingerprint density at radius 2 is 2.31 bits per heavy atom. The van der Waals surface area contributed by atoms with Crippen LogP contribution in [0.3, 0.4) is 0 Å². The molecule has 5 nitrogen and oxygen atoms in total. The fraction of sp³-hybridized carbons (Fsp3) is 0.700. The van der Waals surface area contributed by atoms with Gasteiger partial charge in [0.15, 0.2) is 5.15 Å². The molecule has 0 aromatic carbocycles. The largest absolute Gasteiger partial charge is 0.395 e. The molecule has 1 aliphatic heterocycles. The monoisotopic (exact) mass is 245 g/mol.